The van der Waals surface area contributed by atoms with Gasteiger partial charge in [-0.25, -0.2) is 8.78 Å². The molecule has 1 atom stereocenters. The lowest BCUT2D eigenvalue weighted by Crippen LogP contribution is -2.33. The molecule has 0 saturated carbocycles. The molecule has 0 spiro atoms. The molecule has 0 aromatic heterocycles. The van der Waals surface area contributed by atoms with Gasteiger partial charge in [0.25, 0.3) is 0 Å². The van der Waals surface area contributed by atoms with Crippen LogP contribution in [0.2, 0.25) is 0 Å². The van der Waals surface area contributed by atoms with E-state index in [4.69, 9.17) is 10.00 Å². The average Bonchev–Trinajstić information content (AvgIpc) is 2.28. The quantitative estimate of drug-likeness (QED) is 0.833. The molecule has 0 heterocycles. The maximum atomic E-state index is 13.1. The second-order valence-electron chi connectivity index (χ2n) is 3.13. The van der Waals surface area contributed by atoms with Gasteiger partial charge in [0.2, 0.25) is 0 Å². The molecule has 0 amide bonds. The van der Waals surface area contributed by atoms with Gasteiger partial charge in [-0.15, -0.1) is 0 Å². The predicted octanol–water partition coefficient (Wildman–Crippen LogP) is 1.85. The molecule has 0 bridgehead atoms. The van der Waals surface area contributed by atoms with Gasteiger partial charge in [0.1, 0.15) is 18.5 Å². The van der Waals surface area contributed by atoms with E-state index in [0.717, 1.165) is 18.2 Å². The zero-order valence-corrected chi connectivity index (χ0v) is 8.84. The number of rotatable bonds is 5. The topological polar surface area (TPSA) is 45.0 Å². The number of ether oxygens (including phenoxy) is 1. The smallest absolute Gasteiger partial charge is 0.165 e. The van der Waals surface area contributed by atoms with Crippen molar-refractivity contribution >= 4 is 0 Å². The number of halogens is 2. The number of benzene rings is 1. The minimum atomic E-state index is -0.644. The highest BCUT2D eigenvalue weighted by molar-refractivity contribution is 5.25. The van der Waals surface area contributed by atoms with Crippen molar-refractivity contribution in [2.45, 2.75) is 13.0 Å². The molecule has 0 saturated heterocycles. The van der Waals surface area contributed by atoms with Crippen molar-refractivity contribution in [1.29, 1.82) is 5.26 Å². The Morgan fingerprint density at radius 1 is 1.50 bits per heavy atom. The Kier molecular flexibility index (Phi) is 4.67. The summed E-state index contributed by atoms with van der Waals surface area (Å²) in [6.07, 6.45) is 0. The minimum absolute atomic E-state index is 0.0231. The first-order valence-corrected chi connectivity index (χ1v) is 4.88. The van der Waals surface area contributed by atoms with Crippen LogP contribution in [0.15, 0.2) is 18.2 Å². The van der Waals surface area contributed by atoms with Crippen LogP contribution in [0.4, 0.5) is 8.78 Å². The van der Waals surface area contributed by atoms with Crippen molar-refractivity contribution in [3.63, 3.8) is 0 Å². The largest absolute Gasteiger partial charge is 0.488 e. The van der Waals surface area contributed by atoms with Crippen molar-refractivity contribution in [2.75, 3.05) is 13.2 Å². The van der Waals surface area contributed by atoms with Crippen molar-refractivity contribution in [3.05, 3.63) is 29.8 Å². The highest BCUT2D eigenvalue weighted by Gasteiger charge is 2.09. The number of nitriles is 1. The van der Waals surface area contributed by atoms with Gasteiger partial charge in [0.15, 0.2) is 11.6 Å². The molecule has 1 N–H and O–H groups in total. The molecule has 5 heteroatoms. The first-order chi connectivity index (χ1) is 7.67. The van der Waals surface area contributed by atoms with Crippen molar-refractivity contribution in [3.8, 4) is 11.8 Å². The fraction of sp³-hybridized carbons (Fsp3) is 0.364. The van der Waals surface area contributed by atoms with E-state index >= 15 is 0 Å². The van der Waals surface area contributed by atoms with Crippen LogP contribution in [0.3, 0.4) is 0 Å². The van der Waals surface area contributed by atoms with Gasteiger partial charge < -0.3 is 4.74 Å². The summed E-state index contributed by atoms with van der Waals surface area (Å²) in [5, 5.41) is 11.5. The molecular weight excluding hydrogens is 214 g/mol. The lowest BCUT2D eigenvalue weighted by Gasteiger charge is -2.11. The maximum absolute atomic E-state index is 13.1. The second kappa shape index (κ2) is 6.03. The molecule has 0 aliphatic rings. The summed E-state index contributed by atoms with van der Waals surface area (Å²) >= 11 is 0. The zero-order chi connectivity index (χ0) is 12.0. The molecule has 86 valence electrons. The Balaban J connectivity index is 2.60. The van der Waals surface area contributed by atoms with Crippen LogP contribution in [-0.4, -0.2) is 19.2 Å². The van der Waals surface area contributed by atoms with E-state index in [1.807, 2.05) is 13.0 Å². The maximum Gasteiger partial charge on any atom is 0.165 e. The third-order valence-electron chi connectivity index (χ3n) is 1.91. The lowest BCUT2D eigenvalue weighted by molar-refractivity contribution is 0.276. The van der Waals surface area contributed by atoms with Crippen LogP contribution in [0, 0.1) is 23.0 Å². The van der Waals surface area contributed by atoms with E-state index in [1.165, 1.54) is 0 Å². The number of nitrogens with one attached hydrogen (secondary N) is 1. The number of likely N-dealkylation sites (N-methyl/N-ethyl adjacent to an activating group) is 1. The SMILES string of the molecule is CCNC(C#N)COc1cc(F)ccc1F. The van der Waals surface area contributed by atoms with Crippen LogP contribution in [-0.2, 0) is 0 Å². The normalized spacial score (nSPS) is 11.9. The first-order valence-electron chi connectivity index (χ1n) is 4.88. The number of hydrogen-bond acceptors (Lipinski definition) is 3. The second-order valence-corrected chi connectivity index (χ2v) is 3.13. The van der Waals surface area contributed by atoms with E-state index in [9.17, 15) is 8.78 Å². The standard InChI is InChI=1S/C11H12F2N2O/c1-2-15-9(6-14)7-16-11-5-8(12)3-4-10(11)13/h3-5,9,15H,2,7H2,1H3. The van der Waals surface area contributed by atoms with Gasteiger partial charge in [-0.05, 0) is 18.7 Å². The summed E-state index contributed by atoms with van der Waals surface area (Å²) < 4.78 is 30.9. The Labute approximate surface area is 92.6 Å². The van der Waals surface area contributed by atoms with Crippen LogP contribution in [0.1, 0.15) is 6.92 Å². The van der Waals surface area contributed by atoms with Crippen molar-refractivity contribution in [1.82, 2.24) is 5.32 Å². The van der Waals surface area contributed by atoms with Gasteiger partial charge in [0, 0.05) is 6.07 Å². The molecule has 1 aromatic rings. The van der Waals surface area contributed by atoms with Gasteiger partial charge in [-0.3, -0.25) is 5.32 Å². The molecule has 0 aliphatic carbocycles. The van der Waals surface area contributed by atoms with E-state index in [2.05, 4.69) is 5.32 Å². The van der Waals surface area contributed by atoms with Crippen molar-refractivity contribution in [2.24, 2.45) is 0 Å². The Morgan fingerprint density at radius 2 is 2.25 bits per heavy atom. The van der Waals surface area contributed by atoms with E-state index in [0.29, 0.717) is 6.54 Å². The summed E-state index contributed by atoms with van der Waals surface area (Å²) in [5.41, 5.74) is 0. The molecule has 1 unspecified atom stereocenters. The highest BCUT2D eigenvalue weighted by Crippen LogP contribution is 2.17. The third-order valence-corrected chi connectivity index (χ3v) is 1.91. The zero-order valence-electron chi connectivity index (χ0n) is 8.84. The molecule has 0 radical (unpaired) electrons. The Morgan fingerprint density at radius 3 is 2.88 bits per heavy atom. The monoisotopic (exact) mass is 226 g/mol. The fourth-order valence-corrected chi connectivity index (χ4v) is 1.15. The van der Waals surface area contributed by atoms with Gasteiger partial charge in [-0.2, -0.15) is 5.26 Å². The average molecular weight is 226 g/mol. The van der Waals surface area contributed by atoms with Gasteiger partial charge in [-0.1, -0.05) is 6.92 Å². The van der Waals surface area contributed by atoms with Crippen LogP contribution in [0.25, 0.3) is 0 Å². The highest BCUT2D eigenvalue weighted by atomic mass is 19.1. The van der Waals surface area contributed by atoms with E-state index in [1.54, 1.807) is 0 Å². The number of nitrogens with zero attached hydrogens (tertiary/aromatic N) is 1. The Hall–Kier alpha value is -1.67. The molecule has 0 fully saturated rings. The molecule has 1 rings (SSSR count). The molecule has 1 aromatic carbocycles. The minimum Gasteiger partial charge on any atom is -0.488 e. The molecular formula is C11H12F2N2O. The molecule has 16 heavy (non-hydrogen) atoms. The summed E-state index contributed by atoms with van der Waals surface area (Å²) in [4.78, 5) is 0. The summed E-state index contributed by atoms with van der Waals surface area (Å²) in [5.74, 6) is -1.40. The van der Waals surface area contributed by atoms with Crippen LogP contribution >= 0.6 is 0 Å². The Bertz CT molecular complexity index is 390. The molecule has 0 aliphatic heterocycles. The first kappa shape index (κ1) is 12.4. The summed E-state index contributed by atoms with van der Waals surface area (Å²) in [6.45, 7) is 2.42. The molecule has 3 nitrogen and oxygen atoms in total. The summed E-state index contributed by atoms with van der Waals surface area (Å²) in [6, 6.07) is 4.37. The van der Waals surface area contributed by atoms with Crippen LogP contribution in [0.5, 0.6) is 5.75 Å². The third kappa shape index (κ3) is 3.48. The van der Waals surface area contributed by atoms with E-state index < -0.39 is 17.7 Å². The lowest BCUT2D eigenvalue weighted by atomic mass is 10.3. The van der Waals surface area contributed by atoms with Gasteiger partial charge >= 0.3 is 0 Å². The summed E-state index contributed by atoms with van der Waals surface area (Å²) in [7, 11) is 0. The predicted molar refractivity (Wildman–Crippen MR) is 54.9 cm³/mol. The van der Waals surface area contributed by atoms with Gasteiger partial charge in [0.05, 0.1) is 6.07 Å². The van der Waals surface area contributed by atoms with E-state index in [-0.39, 0.29) is 12.4 Å². The fourth-order valence-electron chi connectivity index (χ4n) is 1.15. The number of hydrogen-bond donors (Lipinski definition) is 1. The van der Waals surface area contributed by atoms with Crippen LogP contribution < -0.4 is 10.1 Å². The van der Waals surface area contributed by atoms with Crippen molar-refractivity contribution < 1.29 is 13.5 Å².